The van der Waals surface area contributed by atoms with Crippen molar-refractivity contribution in [3.8, 4) is 0 Å². The second-order valence-electron chi connectivity index (χ2n) is 4.81. The van der Waals surface area contributed by atoms with Crippen LogP contribution in [-0.2, 0) is 9.47 Å². The van der Waals surface area contributed by atoms with Gasteiger partial charge in [0.1, 0.15) is 0 Å². The summed E-state index contributed by atoms with van der Waals surface area (Å²) in [7, 11) is 0. The highest BCUT2D eigenvalue weighted by atomic mass is 16.5. The Kier molecular flexibility index (Phi) is 8.61. The molecule has 0 heterocycles. The van der Waals surface area contributed by atoms with Crippen molar-refractivity contribution in [2.45, 2.75) is 32.1 Å². The molecular weight excluding hydrogens is 220 g/mol. The molecule has 0 spiro atoms. The Hall–Kier alpha value is -0.160. The summed E-state index contributed by atoms with van der Waals surface area (Å²) in [5.74, 6) is 1.46. The fourth-order valence-corrected chi connectivity index (χ4v) is 2.42. The number of hydrogen-bond donors (Lipinski definition) is 2. The van der Waals surface area contributed by atoms with Crippen molar-refractivity contribution in [2.75, 3.05) is 39.6 Å². The monoisotopic (exact) mass is 246 g/mol. The lowest BCUT2D eigenvalue weighted by atomic mass is 9.81. The van der Waals surface area contributed by atoms with Crippen LogP contribution in [0.2, 0.25) is 0 Å². The van der Waals surface area contributed by atoms with E-state index < -0.39 is 0 Å². The second kappa shape index (κ2) is 9.83. The first-order valence-corrected chi connectivity index (χ1v) is 6.74. The predicted molar refractivity (Wildman–Crippen MR) is 65.9 cm³/mol. The van der Waals surface area contributed by atoms with Gasteiger partial charge in [-0.2, -0.15) is 0 Å². The van der Waals surface area contributed by atoms with E-state index in [0.717, 1.165) is 25.6 Å². The van der Waals surface area contributed by atoms with Crippen LogP contribution in [0.3, 0.4) is 0 Å². The molecule has 0 aromatic rings. The maximum absolute atomic E-state index is 8.62. The van der Waals surface area contributed by atoms with Crippen LogP contribution in [0.1, 0.15) is 32.1 Å². The largest absolute Gasteiger partial charge is 0.394 e. The number of hydrogen-bond acceptors (Lipinski definition) is 4. The summed E-state index contributed by atoms with van der Waals surface area (Å²) in [6, 6.07) is 0. The average Bonchev–Trinajstić information content (AvgIpc) is 2.37. The summed E-state index contributed by atoms with van der Waals surface area (Å²) in [5.41, 5.74) is 0. The van der Waals surface area contributed by atoms with Gasteiger partial charge in [0.25, 0.3) is 0 Å². The van der Waals surface area contributed by atoms with E-state index in [2.05, 4.69) is 0 Å². The van der Waals surface area contributed by atoms with E-state index >= 15 is 0 Å². The summed E-state index contributed by atoms with van der Waals surface area (Å²) in [6.45, 7) is 2.75. The van der Waals surface area contributed by atoms with Crippen molar-refractivity contribution in [1.29, 1.82) is 0 Å². The third-order valence-corrected chi connectivity index (χ3v) is 3.46. The lowest BCUT2D eigenvalue weighted by Crippen LogP contribution is -2.20. The lowest BCUT2D eigenvalue weighted by Gasteiger charge is -2.28. The van der Waals surface area contributed by atoms with Crippen LogP contribution in [0.5, 0.6) is 0 Å². The highest BCUT2D eigenvalue weighted by Crippen LogP contribution is 2.30. The molecule has 1 fully saturated rings. The zero-order valence-electron chi connectivity index (χ0n) is 10.6. The smallest absolute Gasteiger partial charge is 0.0697 e. The minimum absolute atomic E-state index is 0.120. The third-order valence-electron chi connectivity index (χ3n) is 3.46. The molecule has 1 aliphatic carbocycles. The normalized spacial score (nSPS) is 25.1. The van der Waals surface area contributed by atoms with Crippen molar-refractivity contribution in [1.82, 2.24) is 0 Å². The van der Waals surface area contributed by atoms with Crippen molar-refractivity contribution in [3.05, 3.63) is 0 Å². The molecule has 0 radical (unpaired) electrons. The van der Waals surface area contributed by atoms with Crippen LogP contribution in [0.15, 0.2) is 0 Å². The Balaban J connectivity index is 1.97. The molecule has 102 valence electrons. The zero-order valence-corrected chi connectivity index (χ0v) is 10.6. The highest BCUT2D eigenvalue weighted by Gasteiger charge is 2.20. The van der Waals surface area contributed by atoms with Crippen molar-refractivity contribution >= 4 is 0 Å². The molecule has 0 saturated heterocycles. The van der Waals surface area contributed by atoms with Gasteiger partial charge in [0.05, 0.1) is 26.4 Å². The molecule has 4 nitrogen and oxygen atoms in total. The van der Waals surface area contributed by atoms with Crippen molar-refractivity contribution in [2.24, 2.45) is 11.8 Å². The molecule has 0 bridgehead atoms. The summed E-state index contributed by atoms with van der Waals surface area (Å²) in [5, 5.41) is 17.2. The molecule has 0 atom stereocenters. The van der Waals surface area contributed by atoms with Gasteiger partial charge >= 0.3 is 0 Å². The molecule has 0 amide bonds. The molecule has 0 aromatic carbocycles. The summed E-state index contributed by atoms with van der Waals surface area (Å²) in [4.78, 5) is 0. The lowest BCUT2D eigenvalue weighted by molar-refractivity contribution is 0.0463. The fraction of sp³-hybridized carbons (Fsp3) is 1.00. The maximum Gasteiger partial charge on any atom is 0.0697 e. The van der Waals surface area contributed by atoms with Gasteiger partial charge in [-0.05, 0) is 31.1 Å². The van der Waals surface area contributed by atoms with Gasteiger partial charge in [0.15, 0.2) is 0 Å². The van der Waals surface area contributed by atoms with Gasteiger partial charge in [-0.25, -0.2) is 0 Å². The van der Waals surface area contributed by atoms with Crippen LogP contribution >= 0.6 is 0 Å². The highest BCUT2D eigenvalue weighted by molar-refractivity contribution is 4.72. The van der Waals surface area contributed by atoms with Crippen LogP contribution in [-0.4, -0.2) is 49.9 Å². The Morgan fingerprint density at radius 1 is 0.765 bits per heavy atom. The summed E-state index contributed by atoms with van der Waals surface area (Å²) < 4.78 is 10.7. The molecule has 17 heavy (non-hydrogen) atoms. The predicted octanol–water partition coefficient (Wildman–Crippen LogP) is 1.20. The first-order valence-electron chi connectivity index (χ1n) is 6.74. The van der Waals surface area contributed by atoms with Crippen molar-refractivity contribution < 1.29 is 19.7 Å². The molecule has 1 aliphatic rings. The average molecular weight is 246 g/mol. The minimum Gasteiger partial charge on any atom is -0.394 e. The van der Waals surface area contributed by atoms with Gasteiger partial charge < -0.3 is 19.7 Å². The van der Waals surface area contributed by atoms with Gasteiger partial charge in [0, 0.05) is 13.2 Å². The fourth-order valence-electron chi connectivity index (χ4n) is 2.42. The van der Waals surface area contributed by atoms with E-state index in [-0.39, 0.29) is 13.2 Å². The van der Waals surface area contributed by atoms with E-state index in [1.54, 1.807) is 0 Å². The van der Waals surface area contributed by atoms with E-state index in [0.29, 0.717) is 19.1 Å². The molecule has 1 saturated carbocycles. The summed E-state index contributed by atoms with van der Waals surface area (Å²) in [6.07, 6.45) is 6.10. The third kappa shape index (κ3) is 6.99. The molecule has 4 heteroatoms. The van der Waals surface area contributed by atoms with Gasteiger partial charge in [-0.1, -0.05) is 12.8 Å². The minimum atomic E-state index is 0.120. The van der Waals surface area contributed by atoms with E-state index in [1.165, 1.54) is 25.7 Å². The zero-order chi connectivity index (χ0) is 12.3. The first kappa shape index (κ1) is 14.9. The van der Waals surface area contributed by atoms with E-state index in [4.69, 9.17) is 19.7 Å². The standard InChI is InChI=1S/C13H26O4/c14-6-9-16-8-5-12-1-3-13(4-2-12)11-17-10-7-15/h12-15H,1-11H2. The Bertz CT molecular complexity index is 167. The molecule has 0 aromatic heterocycles. The van der Waals surface area contributed by atoms with Gasteiger partial charge in [-0.15, -0.1) is 0 Å². The van der Waals surface area contributed by atoms with Crippen LogP contribution < -0.4 is 0 Å². The second-order valence-corrected chi connectivity index (χ2v) is 4.81. The SMILES string of the molecule is OCCOCCC1CCC(COCCO)CC1. The molecular formula is C13H26O4. The number of ether oxygens (including phenoxy) is 2. The van der Waals surface area contributed by atoms with E-state index in [1.807, 2.05) is 0 Å². The number of aliphatic hydroxyl groups excluding tert-OH is 2. The van der Waals surface area contributed by atoms with E-state index in [9.17, 15) is 0 Å². The quantitative estimate of drug-likeness (QED) is 0.600. The molecule has 0 aliphatic heterocycles. The first-order chi connectivity index (χ1) is 8.36. The van der Waals surface area contributed by atoms with Crippen LogP contribution in [0.25, 0.3) is 0 Å². The van der Waals surface area contributed by atoms with Gasteiger partial charge in [0.2, 0.25) is 0 Å². The van der Waals surface area contributed by atoms with Gasteiger partial charge in [-0.3, -0.25) is 0 Å². The Labute approximate surface area is 104 Å². The molecule has 2 N–H and O–H groups in total. The number of rotatable bonds is 9. The Morgan fingerprint density at radius 2 is 1.35 bits per heavy atom. The Morgan fingerprint density at radius 3 is 2.00 bits per heavy atom. The van der Waals surface area contributed by atoms with Crippen molar-refractivity contribution in [3.63, 3.8) is 0 Å². The number of aliphatic hydroxyl groups is 2. The van der Waals surface area contributed by atoms with Crippen LogP contribution in [0.4, 0.5) is 0 Å². The van der Waals surface area contributed by atoms with Crippen LogP contribution in [0, 0.1) is 11.8 Å². The maximum atomic E-state index is 8.62. The summed E-state index contributed by atoms with van der Waals surface area (Å²) >= 11 is 0. The molecule has 0 unspecified atom stereocenters. The molecule has 1 rings (SSSR count). The topological polar surface area (TPSA) is 58.9 Å².